The molecule has 3 aromatic rings. The van der Waals surface area contributed by atoms with Gasteiger partial charge in [-0.2, -0.15) is 0 Å². The Balaban J connectivity index is 0.00000103. The van der Waals surface area contributed by atoms with E-state index < -0.39 is 0 Å². The predicted molar refractivity (Wildman–Crippen MR) is 158 cm³/mol. The molecule has 1 heterocycles. The molecule has 10 nitrogen and oxygen atoms in total. The van der Waals surface area contributed by atoms with Crippen LogP contribution in [0.4, 0.5) is 5.82 Å². The number of carbonyl (C=O) groups is 3. The summed E-state index contributed by atoms with van der Waals surface area (Å²) in [6.07, 6.45) is 1.80. The molecule has 1 N–H and O–H groups in total. The molecular formula is C28H36Cl2N4O6. The van der Waals surface area contributed by atoms with E-state index in [1.807, 2.05) is 25.1 Å². The number of aromatic nitrogens is 2. The number of ether oxygens (including phenoxy) is 3. The highest BCUT2D eigenvalue weighted by molar-refractivity contribution is 6.33. The smallest absolute Gasteiger partial charge is 0.206 e. The first-order valence-corrected chi connectivity index (χ1v) is 13.0. The number of anilines is 1. The Bertz CT molecular complexity index is 1170. The van der Waals surface area contributed by atoms with E-state index in [0.717, 1.165) is 12.6 Å². The van der Waals surface area contributed by atoms with Crippen LogP contribution in [0.2, 0.25) is 10.0 Å². The van der Waals surface area contributed by atoms with Crippen LogP contribution in [0, 0.1) is 0 Å². The summed E-state index contributed by atoms with van der Waals surface area (Å²) in [6.45, 7) is 3.02. The monoisotopic (exact) mass is 594 g/mol. The first kappa shape index (κ1) is 34.7. The summed E-state index contributed by atoms with van der Waals surface area (Å²) in [5, 5.41) is 3.29. The standard InChI is InChI=1S/C24H25Cl2N3O4.C2H5NO.C2H6O/c1-3-33-19(16-32-2)14-28(12-13-30)24-22(15-31)29(18-10-8-17(25)9-11-18)23(27-24)20-6-4-5-7-21(20)26;1-3-2-4;1-3-2/h4-11,13,15,19H,3,12,14,16H2,1-2H3;2H,1H3,(H,3,4);1-2H3. The second-order valence-corrected chi connectivity index (χ2v) is 8.82. The molecule has 12 heteroatoms. The Morgan fingerprint density at radius 2 is 1.68 bits per heavy atom. The molecule has 1 aromatic heterocycles. The van der Waals surface area contributed by atoms with E-state index in [-0.39, 0.29) is 18.3 Å². The van der Waals surface area contributed by atoms with Crippen LogP contribution in [0.3, 0.4) is 0 Å². The third-order valence-corrected chi connectivity index (χ3v) is 5.68. The molecule has 218 valence electrons. The molecular weight excluding hydrogens is 559 g/mol. The number of rotatable bonds is 13. The molecule has 0 saturated heterocycles. The Morgan fingerprint density at radius 3 is 2.17 bits per heavy atom. The fourth-order valence-corrected chi connectivity index (χ4v) is 3.94. The molecule has 1 atom stereocenters. The van der Waals surface area contributed by atoms with Crippen molar-refractivity contribution in [3.8, 4) is 17.1 Å². The average molecular weight is 596 g/mol. The molecule has 0 saturated carbocycles. The lowest BCUT2D eigenvalue weighted by atomic mass is 10.2. The summed E-state index contributed by atoms with van der Waals surface area (Å²) in [6, 6.07) is 14.3. The molecule has 1 amide bonds. The minimum atomic E-state index is -0.316. The van der Waals surface area contributed by atoms with Crippen molar-refractivity contribution in [1.29, 1.82) is 0 Å². The summed E-state index contributed by atoms with van der Waals surface area (Å²) in [7, 11) is 6.39. The number of amides is 1. The highest BCUT2D eigenvalue weighted by Crippen LogP contribution is 2.34. The Morgan fingerprint density at radius 1 is 1.05 bits per heavy atom. The van der Waals surface area contributed by atoms with E-state index in [1.54, 1.807) is 68.2 Å². The summed E-state index contributed by atoms with van der Waals surface area (Å²) in [5.41, 5.74) is 1.61. The van der Waals surface area contributed by atoms with Crippen LogP contribution in [0.1, 0.15) is 17.4 Å². The zero-order valence-electron chi connectivity index (χ0n) is 23.3. The van der Waals surface area contributed by atoms with Gasteiger partial charge in [-0.05, 0) is 43.3 Å². The second-order valence-electron chi connectivity index (χ2n) is 7.97. The number of imidazole rings is 1. The van der Waals surface area contributed by atoms with Gasteiger partial charge in [0.1, 0.15) is 17.8 Å². The van der Waals surface area contributed by atoms with E-state index in [0.29, 0.717) is 59.1 Å². The Kier molecular flexibility index (Phi) is 17.1. The molecule has 40 heavy (non-hydrogen) atoms. The van der Waals surface area contributed by atoms with Crippen molar-refractivity contribution in [2.24, 2.45) is 0 Å². The third kappa shape index (κ3) is 10.4. The Labute approximate surface area is 245 Å². The van der Waals surface area contributed by atoms with Gasteiger partial charge in [0.15, 0.2) is 12.1 Å². The van der Waals surface area contributed by atoms with E-state index in [1.165, 1.54) is 0 Å². The highest BCUT2D eigenvalue weighted by atomic mass is 35.5. The third-order valence-electron chi connectivity index (χ3n) is 5.10. The normalized spacial score (nSPS) is 10.8. The molecule has 1 unspecified atom stereocenters. The number of halogens is 2. The average Bonchev–Trinajstić information content (AvgIpc) is 3.33. The van der Waals surface area contributed by atoms with E-state index in [9.17, 15) is 9.59 Å². The van der Waals surface area contributed by atoms with Crippen LogP contribution in [-0.2, 0) is 23.8 Å². The lowest BCUT2D eigenvalue weighted by molar-refractivity contribution is -0.109. The minimum absolute atomic E-state index is 0.0215. The maximum absolute atomic E-state index is 12.4. The van der Waals surface area contributed by atoms with Gasteiger partial charge >= 0.3 is 0 Å². The molecule has 0 aliphatic carbocycles. The number of benzene rings is 2. The number of methoxy groups -OCH3 is 2. The topological polar surface area (TPSA) is 112 Å². The van der Waals surface area contributed by atoms with Crippen molar-refractivity contribution in [1.82, 2.24) is 14.9 Å². The molecule has 0 radical (unpaired) electrons. The first-order valence-electron chi connectivity index (χ1n) is 12.3. The van der Waals surface area contributed by atoms with Gasteiger partial charge in [-0.1, -0.05) is 35.3 Å². The molecule has 0 aliphatic rings. The fraction of sp³-hybridized carbons (Fsp3) is 0.357. The number of hydrogen-bond donors (Lipinski definition) is 1. The van der Waals surface area contributed by atoms with Gasteiger partial charge in [-0.3, -0.25) is 14.2 Å². The van der Waals surface area contributed by atoms with E-state index in [2.05, 4.69) is 10.1 Å². The zero-order chi connectivity index (χ0) is 29.9. The summed E-state index contributed by atoms with van der Waals surface area (Å²) in [4.78, 5) is 39.5. The molecule has 0 fully saturated rings. The van der Waals surface area contributed by atoms with Gasteiger partial charge < -0.3 is 29.2 Å². The largest absolute Gasteiger partial charge is 0.388 e. The number of aldehydes is 2. The molecule has 2 aromatic carbocycles. The van der Waals surface area contributed by atoms with Crippen molar-refractivity contribution < 1.29 is 28.6 Å². The quantitative estimate of drug-likeness (QED) is 0.291. The lowest BCUT2D eigenvalue weighted by Crippen LogP contribution is -2.38. The van der Waals surface area contributed by atoms with Crippen molar-refractivity contribution in [3.05, 3.63) is 64.3 Å². The van der Waals surface area contributed by atoms with E-state index >= 15 is 0 Å². The summed E-state index contributed by atoms with van der Waals surface area (Å²) < 4.78 is 17.0. The van der Waals surface area contributed by atoms with Crippen LogP contribution in [0.5, 0.6) is 0 Å². The predicted octanol–water partition coefficient (Wildman–Crippen LogP) is 4.34. The number of nitrogens with one attached hydrogen (secondary N) is 1. The molecule has 0 bridgehead atoms. The van der Waals surface area contributed by atoms with Crippen LogP contribution in [-0.4, -0.2) is 89.3 Å². The van der Waals surface area contributed by atoms with Crippen LogP contribution >= 0.6 is 23.2 Å². The van der Waals surface area contributed by atoms with E-state index in [4.69, 9.17) is 42.5 Å². The summed E-state index contributed by atoms with van der Waals surface area (Å²) >= 11 is 12.6. The van der Waals surface area contributed by atoms with Crippen LogP contribution in [0.15, 0.2) is 48.5 Å². The van der Waals surface area contributed by atoms with Crippen LogP contribution < -0.4 is 10.2 Å². The number of nitrogens with zero attached hydrogens (tertiary/aromatic N) is 3. The molecule has 0 aliphatic heterocycles. The zero-order valence-corrected chi connectivity index (χ0v) is 24.8. The minimum Gasteiger partial charge on any atom is -0.388 e. The van der Waals surface area contributed by atoms with Crippen molar-refractivity contribution in [3.63, 3.8) is 0 Å². The Hall–Kier alpha value is -3.28. The SMILES string of the molecule is CCOC(COC)CN(CC=O)c1nc(-c2ccccc2Cl)n(-c2ccc(Cl)cc2)c1C=O.CNC=O.COC. The van der Waals surface area contributed by atoms with Crippen molar-refractivity contribution >= 4 is 48.0 Å². The second kappa shape index (κ2) is 19.7. The van der Waals surface area contributed by atoms with Gasteiger partial charge in [-0.15, -0.1) is 0 Å². The number of carbonyl (C=O) groups excluding carboxylic acids is 3. The fourth-order valence-electron chi connectivity index (χ4n) is 3.59. The van der Waals surface area contributed by atoms with Crippen LogP contribution in [0.25, 0.3) is 17.1 Å². The highest BCUT2D eigenvalue weighted by Gasteiger charge is 2.26. The first-order chi connectivity index (χ1) is 19.4. The van der Waals surface area contributed by atoms with Gasteiger partial charge in [0.05, 0.1) is 24.3 Å². The summed E-state index contributed by atoms with van der Waals surface area (Å²) in [5.74, 6) is 0.818. The molecule has 3 rings (SSSR count). The maximum Gasteiger partial charge on any atom is 0.206 e. The van der Waals surface area contributed by atoms with Gasteiger partial charge in [0.2, 0.25) is 6.41 Å². The van der Waals surface area contributed by atoms with Gasteiger partial charge in [0.25, 0.3) is 0 Å². The molecule has 0 spiro atoms. The lowest BCUT2D eigenvalue weighted by Gasteiger charge is -2.26. The van der Waals surface area contributed by atoms with Crippen molar-refractivity contribution in [2.75, 3.05) is 59.6 Å². The number of hydrogen-bond acceptors (Lipinski definition) is 8. The maximum atomic E-state index is 12.4. The van der Waals surface area contributed by atoms with Gasteiger partial charge in [-0.25, -0.2) is 4.98 Å². The van der Waals surface area contributed by atoms with Gasteiger partial charge in [0, 0.05) is 57.8 Å². The van der Waals surface area contributed by atoms with Crippen molar-refractivity contribution in [2.45, 2.75) is 13.0 Å².